The summed E-state index contributed by atoms with van der Waals surface area (Å²) in [5, 5.41) is 9.29. The maximum atomic E-state index is 13.1. The Labute approximate surface area is 118 Å². The van der Waals surface area contributed by atoms with Crippen LogP contribution >= 0.6 is 0 Å². The number of carbonyl (C=O) groups is 1. The third-order valence-electron chi connectivity index (χ3n) is 3.75. The van der Waals surface area contributed by atoms with E-state index in [1.54, 1.807) is 4.90 Å². The molecule has 1 saturated heterocycles. The molecule has 1 aliphatic heterocycles. The van der Waals surface area contributed by atoms with Gasteiger partial charge in [0, 0.05) is 38.4 Å². The van der Waals surface area contributed by atoms with Crippen molar-refractivity contribution >= 4 is 5.91 Å². The molecule has 110 valence electrons. The number of amides is 1. The minimum Gasteiger partial charge on any atom is -0.395 e. The number of nitrogens with zero attached hydrogens (tertiary/aromatic N) is 3. The van der Waals surface area contributed by atoms with Gasteiger partial charge in [-0.3, -0.25) is 14.7 Å². The lowest BCUT2D eigenvalue weighted by Gasteiger charge is -2.38. The van der Waals surface area contributed by atoms with Crippen molar-refractivity contribution in [3.05, 3.63) is 29.8 Å². The predicted octanol–water partition coefficient (Wildman–Crippen LogP) is 0.749. The number of piperazine rings is 1. The number of aromatic nitrogens is 1. The van der Waals surface area contributed by atoms with Gasteiger partial charge in [0.2, 0.25) is 0 Å². The van der Waals surface area contributed by atoms with Crippen LogP contribution in [-0.4, -0.2) is 64.6 Å². The van der Waals surface area contributed by atoms with Crippen molar-refractivity contribution in [2.45, 2.75) is 19.4 Å². The summed E-state index contributed by atoms with van der Waals surface area (Å²) in [6.07, 6.45) is 3.36. The van der Waals surface area contributed by atoms with Crippen molar-refractivity contribution in [1.29, 1.82) is 0 Å². The van der Waals surface area contributed by atoms with E-state index in [1.165, 1.54) is 12.3 Å². The second-order valence-electron chi connectivity index (χ2n) is 4.96. The van der Waals surface area contributed by atoms with Crippen LogP contribution in [0.25, 0.3) is 0 Å². The van der Waals surface area contributed by atoms with E-state index in [0.29, 0.717) is 13.1 Å². The van der Waals surface area contributed by atoms with Gasteiger partial charge in [-0.2, -0.15) is 0 Å². The van der Waals surface area contributed by atoms with Crippen LogP contribution in [0.5, 0.6) is 0 Å². The minimum atomic E-state index is -0.499. The maximum absolute atomic E-state index is 13.1. The molecular weight excluding hydrogens is 261 g/mol. The van der Waals surface area contributed by atoms with Gasteiger partial charge in [-0.25, -0.2) is 4.39 Å². The standard InChI is InChI=1S/C14H20FN3O2/c1-2-13(10-19)17-3-5-18(6-4-17)14(20)11-7-12(15)9-16-8-11/h7-9,13,19H,2-6,10H2,1H3. The number of halogens is 1. The van der Waals surface area contributed by atoms with Crippen molar-refractivity contribution in [1.82, 2.24) is 14.8 Å². The first-order chi connectivity index (χ1) is 9.65. The highest BCUT2D eigenvalue weighted by molar-refractivity contribution is 5.94. The van der Waals surface area contributed by atoms with E-state index < -0.39 is 5.82 Å². The Bertz CT molecular complexity index is 457. The van der Waals surface area contributed by atoms with Crippen LogP contribution < -0.4 is 0 Å². The SMILES string of the molecule is CCC(CO)N1CCN(C(=O)c2cncc(F)c2)CC1. The maximum Gasteiger partial charge on any atom is 0.255 e. The van der Waals surface area contributed by atoms with Crippen LogP contribution in [0.3, 0.4) is 0 Å². The third kappa shape index (κ3) is 3.32. The Morgan fingerprint density at radius 1 is 1.40 bits per heavy atom. The average Bonchev–Trinajstić information content (AvgIpc) is 2.48. The molecule has 0 spiro atoms. The first-order valence-corrected chi connectivity index (χ1v) is 6.90. The quantitative estimate of drug-likeness (QED) is 0.885. The fourth-order valence-electron chi connectivity index (χ4n) is 2.50. The number of carbonyl (C=O) groups excluding carboxylic acids is 1. The number of rotatable bonds is 4. The van der Waals surface area contributed by atoms with E-state index in [4.69, 9.17) is 0 Å². The molecule has 0 aliphatic carbocycles. The summed E-state index contributed by atoms with van der Waals surface area (Å²) in [4.78, 5) is 19.8. The Kier molecular flexibility index (Phi) is 5.03. The van der Waals surface area contributed by atoms with E-state index in [1.807, 2.05) is 6.92 Å². The van der Waals surface area contributed by atoms with Crippen LogP contribution in [0.2, 0.25) is 0 Å². The zero-order chi connectivity index (χ0) is 14.5. The summed E-state index contributed by atoms with van der Waals surface area (Å²) in [6.45, 7) is 4.81. The molecular formula is C14H20FN3O2. The topological polar surface area (TPSA) is 56.7 Å². The second-order valence-corrected chi connectivity index (χ2v) is 4.96. The lowest BCUT2D eigenvalue weighted by molar-refractivity contribution is 0.0471. The molecule has 2 rings (SSSR count). The van der Waals surface area contributed by atoms with Crippen molar-refractivity contribution in [3.8, 4) is 0 Å². The van der Waals surface area contributed by atoms with Crippen LogP contribution in [0, 0.1) is 5.82 Å². The normalized spacial score (nSPS) is 18.1. The molecule has 1 aliphatic rings. The van der Waals surface area contributed by atoms with Gasteiger partial charge in [-0.15, -0.1) is 0 Å². The van der Waals surface area contributed by atoms with Gasteiger partial charge in [-0.1, -0.05) is 6.92 Å². The Balaban J connectivity index is 1.95. The fourth-order valence-corrected chi connectivity index (χ4v) is 2.50. The smallest absolute Gasteiger partial charge is 0.255 e. The highest BCUT2D eigenvalue weighted by Crippen LogP contribution is 2.12. The summed E-state index contributed by atoms with van der Waals surface area (Å²) < 4.78 is 13.1. The molecule has 0 bridgehead atoms. The molecule has 1 atom stereocenters. The summed E-state index contributed by atoms with van der Waals surface area (Å²) in [5.41, 5.74) is 0.285. The lowest BCUT2D eigenvalue weighted by atomic mass is 10.1. The predicted molar refractivity (Wildman–Crippen MR) is 72.8 cm³/mol. The Hall–Kier alpha value is -1.53. The van der Waals surface area contributed by atoms with Gasteiger partial charge in [-0.05, 0) is 12.5 Å². The summed E-state index contributed by atoms with van der Waals surface area (Å²) in [6, 6.07) is 1.37. The molecule has 20 heavy (non-hydrogen) atoms. The van der Waals surface area contributed by atoms with E-state index in [-0.39, 0.29) is 24.1 Å². The minimum absolute atomic E-state index is 0.137. The molecule has 1 aromatic heterocycles. The molecule has 0 aromatic carbocycles. The van der Waals surface area contributed by atoms with E-state index in [9.17, 15) is 14.3 Å². The van der Waals surface area contributed by atoms with Gasteiger partial charge >= 0.3 is 0 Å². The van der Waals surface area contributed by atoms with Crippen molar-refractivity contribution < 1.29 is 14.3 Å². The van der Waals surface area contributed by atoms with Gasteiger partial charge in [0.05, 0.1) is 18.4 Å². The van der Waals surface area contributed by atoms with Crippen LogP contribution in [0.15, 0.2) is 18.5 Å². The summed E-state index contributed by atoms with van der Waals surface area (Å²) in [7, 11) is 0. The van der Waals surface area contributed by atoms with Crippen LogP contribution in [0.1, 0.15) is 23.7 Å². The van der Waals surface area contributed by atoms with E-state index in [2.05, 4.69) is 9.88 Å². The molecule has 0 saturated carbocycles. The number of pyridine rings is 1. The highest BCUT2D eigenvalue weighted by Gasteiger charge is 2.25. The largest absolute Gasteiger partial charge is 0.395 e. The Morgan fingerprint density at radius 3 is 2.65 bits per heavy atom. The molecule has 1 aromatic rings. The number of aliphatic hydroxyl groups excluding tert-OH is 1. The zero-order valence-corrected chi connectivity index (χ0v) is 11.6. The molecule has 1 fully saturated rings. The number of hydrogen-bond donors (Lipinski definition) is 1. The zero-order valence-electron chi connectivity index (χ0n) is 11.6. The molecule has 2 heterocycles. The summed E-state index contributed by atoms with van der Waals surface area (Å²) in [5.74, 6) is -0.686. The van der Waals surface area contributed by atoms with Crippen LogP contribution in [0.4, 0.5) is 4.39 Å². The van der Waals surface area contributed by atoms with Gasteiger partial charge in [0.1, 0.15) is 5.82 Å². The second kappa shape index (κ2) is 6.76. The average molecular weight is 281 g/mol. The molecule has 6 heteroatoms. The number of hydrogen-bond acceptors (Lipinski definition) is 4. The molecule has 0 radical (unpaired) electrons. The van der Waals surface area contributed by atoms with Gasteiger partial charge in [0.15, 0.2) is 0 Å². The summed E-state index contributed by atoms with van der Waals surface area (Å²) >= 11 is 0. The van der Waals surface area contributed by atoms with Gasteiger partial charge < -0.3 is 10.0 Å². The first-order valence-electron chi connectivity index (χ1n) is 6.90. The monoisotopic (exact) mass is 281 g/mol. The third-order valence-corrected chi connectivity index (χ3v) is 3.75. The highest BCUT2D eigenvalue weighted by atomic mass is 19.1. The van der Waals surface area contributed by atoms with E-state index in [0.717, 1.165) is 25.7 Å². The fraction of sp³-hybridized carbons (Fsp3) is 0.571. The molecule has 5 nitrogen and oxygen atoms in total. The van der Waals surface area contributed by atoms with Crippen molar-refractivity contribution in [3.63, 3.8) is 0 Å². The molecule has 1 N–H and O–H groups in total. The van der Waals surface area contributed by atoms with Crippen molar-refractivity contribution in [2.24, 2.45) is 0 Å². The Morgan fingerprint density at radius 2 is 2.10 bits per heavy atom. The molecule has 1 unspecified atom stereocenters. The van der Waals surface area contributed by atoms with Crippen molar-refractivity contribution in [2.75, 3.05) is 32.8 Å². The van der Waals surface area contributed by atoms with Crippen LogP contribution in [-0.2, 0) is 0 Å². The van der Waals surface area contributed by atoms with E-state index >= 15 is 0 Å². The lowest BCUT2D eigenvalue weighted by Crippen LogP contribution is -2.52. The first kappa shape index (κ1) is 14.9. The van der Waals surface area contributed by atoms with Gasteiger partial charge in [0.25, 0.3) is 5.91 Å². The molecule has 1 amide bonds. The number of aliphatic hydroxyl groups is 1.